The first-order valence-electron chi connectivity index (χ1n) is 10.1. The number of carbonyl (C=O) groups is 2. The van der Waals surface area contributed by atoms with Gasteiger partial charge in [-0.15, -0.1) is 0 Å². The number of ether oxygens (including phenoxy) is 1. The van der Waals surface area contributed by atoms with Crippen LogP contribution < -0.4 is 4.74 Å². The number of methoxy groups -OCH3 is 1. The second-order valence-corrected chi connectivity index (χ2v) is 7.74. The fourth-order valence-corrected chi connectivity index (χ4v) is 3.81. The summed E-state index contributed by atoms with van der Waals surface area (Å²) in [4.78, 5) is 33.0. The number of piperazine rings is 1. The van der Waals surface area contributed by atoms with E-state index in [1.165, 1.54) is 0 Å². The molecule has 0 unspecified atom stereocenters. The number of rotatable bonds is 7. The molecule has 28 heavy (non-hydrogen) atoms. The number of hydrogen-bond donors (Lipinski definition) is 0. The van der Waals surface area contributed by atoms with E-state index in [2.05, 4.69) is 9.80 Å². The van der Waals surface area contributed by atoms with Crippen LogP contribution in [0.25, 0.3) is 0 Å². The molecule has 1 aromatic rings. The van der Waals surface area contributed by atoms with Crippen molar-refractivity contribution in [2.45, 2.75) is 19.4 Å². The van der Waals surface area contributed by atoms with Crippen molar-refractivity contribution in [3.8, 4) is 5.75 Å². The van der Waals surface area contributed by atoms with Gasteiger partial charge in [-0.05, 0) is 30.5 Å². The maximum Gasteiger partial charge on any atom is 0.236 e. The monoisotopic (exact) mass is 388 g/mol. The lowest BCUT2D eigenvalue weighted by Gasteiger charge is -2.35. The lowest BCUT2D eigenvalue weighted by Crippen LogP contribution is -2.51. The first kappa shape index (κ1) is 20.6. The van der Waals surface area contributed by atoms with Crippen LogP contribution in [0.2, 0.25) is 0 Å². The Morgan fingerprint density at radius 2 is 1.64 bits per heavy atom. The normalized spacial score (nSPS) is 18.3. The maximum absolute atomic E-state index is 12.6. The number of carbonyl (C=O) groups excluding carboxylic acids is 2. The molecule has 0 bridgehead atoms. The van der Waals surface area contributed by atoms with Crippen LogP contribution in [-0.2, 0) is 16.1 Å². The Balaban J connectivity index is 1.39. The second kappa shape index (κ2) is 9.89. The molecule has 0 saturated carbocycles. The van der Waals surface area contributed by atoms with Crippen molar-refractivity contribution in [2.24, 2.45) is 0 Å². The van der Waals surface area contributed by atoms with E-state index in [9.17, 15) is 9.59 Å². The molecule has 154 valence electrons. The largest absolute Gasteiger partial charge is 0.497 e. The molecule has 7 nitrogen and oxygen atoms in total. The predicted octanol–water partition coefficient (Wildman–Crippen LogP) is 0.894. The molecule has 2 fully saturated rings. The van der Waals surface area contributed by atoms with Crippen molar-refractivity contribution >= 4 is 11.8 Å². The second-order valence-electron chi connectivity index (χ2n) is 7.74. The molecule has 2 amide bonds. The van der Waals surface area contributed by atoms with Gasteiger partial charge in [-0.2, -0.15) is 0 Å². The minimum Gasteiger partial charge on any atom is -0.497 e. The highest BCUT2D eigenvalue weighted by atomic mass is 16.5. The Morgan fingerprint density at radius 1 is 1.00 bits per heavy atom. The van der Waals surface area contributed by atoms with Gasteiger partial charge in [-0.25, -0.2) is 0 Å². The molecule has 0 radical (unpaired) electrons. The third-order valence-corrected chi connectivity index (χ3v) is 5.62. The van der Waals surface area contributed by atoms with E-state index in [1.54, 1.807) is 12.0 Å². The minimum absolute atomic E-state index is 0.115. The highest BCUT2D eigenvalue weighted by Gasteiger charge is 2.24. The highest BCUT2D eigenvalue weighted by molar-refractivity contribution is 5.79. The van der Waals surface area contributed by atoms with Gasteiger partial charge in [0, 0.05) is 52.9 Å². The number of nitrogens with zero attached hydrogens (tertiary/aromatic N) is 4. The highest BCUT2D eigenvalue weighted by Crippen LogP contribution is 2.14. The third-order valence-electron chi connectivity index (χ3n) is 5.62. The van der Waals surface area contributed by atoms with Crippen molar-refractivity contribution < 1.29 is 14.3 Å². The van der Waals surface area contributed by atoms with Gasteiger partial charge < -0.3 is 14.5 Å². The van der Waals surface area contributed by atoms with Gasteiger partial charge in [0.05, 0.1) is 20.2 Å². The Bertz CT molecular complexity index is 667. The number of amides is 2. The van der Waals surface area contributed by atoms with Crippen LogP contribution in [-0.4, -0.2) is 97.9 Å². The fraction of sp³-hybridized carbons (Fsp3) is 0.619. The van der Waals surface area contributed by atoms with E-state index in [1.807, 2.05) is 36.2 Å². The van der Waals surface area contributed by atoms with Gasteiger partial charge in [0.1, 0.15) is 5.75 Å². The topological polar surface area (TPSA) is 56.3 Å². The molecule has 2 heterocycles. The smallest absolute Gasteiger partial charge is 0.236 e. The number of hydrogen-bond acceptors (Lipinski definition) is 5. The zero-order chi connectivity index (χ0) is 19.9. The van der Waals surface area contributed by atoms with Crippen LogP contribution in [0.4, 0.5) is 0 Å². The van der Waals surface area contributed by atoms with Crippen LogP contribution in [0.1, 0.15) is 18.4 Å². The molecule has 0 aromatic heterocycles. The first-order chi connectivity index (χ1) is 13.5. The fourth-order valence-electron chi connectivity index (χ4n) is 3.81. The average Bonchev–Trinajstić information content (AvgIpc) is 3.24. The van der Waals surface area contributed by atoms with Crippen LogP contribution in [0.15, 0.2) is 24.3 Å². The van der Waals surface area contributed by atoms with Crippen molar-refractivity contribution in [1.29, 1.82) is 0 Å². The van der Waals surface area contributed by atoms with E-state index in [0.717, 1.165) is 63.4 Å². The van der Waals surface area contributed by atoms with Crippen molar-refractivity contribution in [2.75, 3.05) is 66.5 Å². The van der Waals surface area contributed by atoms with Gasteiger partial charge in [-0.1, -0.05) is 12.1 Å². The minimum atomic E-state index is 0.115. The summed E-state index contributed by atoms with van der Waals surface area (Å²) in [6, 6.07) is 7.80. The van der Waals surface area contributed by atoms with Crippen LogP contribution in [0.5, 0.6) is 5.75 Å². The molecule has 0 N–H and O–H groups in total. The standard InChI is InChI=1S/C21H32N4O3/c1-22(15-18-6-5-7-19(14-18)28-2)20(26)16-23-10-12-24(13-11-23)17-21(27)25-8-3-4-9-25/h5-7,14H,3-4,8-13,15-17H2,1-2H3. The molecule has 7 heteroatoms. The number of benzene rings is 1. The zero-order valence-corrected chi connectivity index (χ0v) is 17.1. The van der Waals surface area contributed by atoms with Crippen LogP contribution >= 0.6 is 0 Å². The SMILES string of the molecule is COc1cccc(CN(C)C(=O)CN2CCN(CC(=O)N3CCCC3)CC2)c1. The Hall–Kier alpha value is -2.12. The summed E-state index contributed by atoms with van der Waals surface area (Å²) in [5.41, 5.74) is 1.06. The van der Waals surface area contributed by atoms with E-state index >= 15 is 0 Å². The zero-order valence-electron chi connectivity index (χ0n) is 17.1. The summed E-state index contributed by atoms with van der Waals surface area (Å²) in [7, 11) is 3.49. The molecule has 0 atom stereocenters. The molecule has 0 aliphatic carbocycles. The lowest BCUT2D eigenvalue weighted by molar-refractivity contribution is -0.134. The summed E-state index contributed by atoms with van der Waals surface area (Å²) in [5.74, 6) is 1.17. The van der Waals surface area contributed by atoms with Gasteiger partial charge >= 0.3 is 0 Å². The van der Waals surface area contributed by atoms with Crippen LogP contribution in [0, 0.1) is 0 Å². The molecule has 1 aromatic carbocycles. The van der Waals surface area contributed by atoms with Gasteiger partial charge in [0.15, 0.2) is 0 Å². The third kappa shape index (κ3) is 5.69. The molecule has 0 spiro atoms. The van der Waals surface area contributed by atoms with Gasteiger partial charge in [-0.3, -0.25) is 19.4 Å². The molecule has 2 aliphatic heterocycles. The van der Waals surface area contributed by atoms with Crippen molar-refractivity contribution in [1.82, 2.24) is 19.6 Å². The molecule has 2 saturated heterocycles. The summed E-state index contributed by atoms with van der Waals surface area (Å²) < 4.78 is 5.25. The first-order valence-corrected chi connectivity index (χ1v) is 10.1. The molecular formula is C21H32N4O3. The van der Waals surface area contributed by atoms with Crippen molar-refractivity contribution in [3.63, 3.8) is 0 Å². The molecule has 2 aliphatic rings. The number of likely N-dealkylation sites (tertiary alicyclic amines) is 1. The summed E-state index contributed by atoms with van der Waals surface area (Å²) in [5, 5.41) is 0. The Labute approximate surface area is 167 Å². The molecule has 3 rings (SSSR count). The summed E-state index contributed by atoms with van der Waals surface area (Å²) >= 11 is 0. The van der Waals surface area contributed by atoms with E-state index in [0.29, 0.717) is 19.6 Å². The Morgan fingerprint density at radius 3 is 2.29 bits per heavy atom. The lowest BCUT2D eigenvalue weighted by atomic mass is 10.2. The average molecular weight is 389 g/mol. The van der Waals surface area contributed by atoms with E-state index in [4.69, 9.17) is 4.74 Å². The predicted molar refractivity (Wildman–Crippen MR) is 108 cm³/mol. The summed E-state index contributed by atoms with van der Waals surface area (Å²) in [6.07, 6.45) is 2.26. The van der Waals surface area contributed by atoms with Crippen LogP contribution in [0.3, 0.4) is 0 Å². The van der Waals surface area contributed by atoms with E-state index in [-0.39, 0.29) is 11.8 Å². The molecular weight excluding hydrogens is 356 g/mol. The van der Waals surface area contributed by atoms with Gasteiger partial charge in [0.25, 0.3) is 0 Å². The summed E-state index contributed by atoms with van der Waals surface area (Å²) in [6.45, 7) is 6.66. The Kier molecular flexibility index (Phi) is 7.28. The van der Waals surface area contributed by atoms with Gasteiger partial charge in [0.2, 0.25) is 11.8 Å². The number of likely N-dealkylation sites (N-methyl/N-ethyl adjacent to an activating group) is 1. The van der Waals surface area contributed by atoms with E-state index < -0.39 is 0 Å². The maximum atomic E-state index is 12.6. The van der Waals surface area contributed by atoms with Crippen molar-refractivity contribution in [3.05, 3.63) is 29.8 Å². The quantitative estimate of drug-likeness (QED) is 0.695.